The van der Waals surface area contributed by atoms with Crippen LogP contribution in [0.15, 0.2) is 80.8 Å². The van der Waals surface area contributed by atoms with Crippen LogP contribution in [0.2, 0.25) is 18.1 Å². The zero-order valence-electron chi connectivity index (χ0n) is 44.5. The van der Waals surface area contributed by atoms with Crippen LogP contribution in [0.4, 0.5) is 9.59 Å². The summed E-state index contributed by atoms with van der Waals surface area (Å²) in [6.07, 6.45) is 4.74. The number of thioether (sulfide) groups is 1. The molecule has 0 saturated heterocycles. The second-order valence-corrected chi connectivity index (χ2v) is 29.2. The van der Waals surface area contributed by atoms with Crippen LogP contribution >= 0.6 is 39.5 Å². The van der Waals surface area contributed by atoms with Crippen LogP contribution < -0.4 is 16.0 Å². The van der Waals surface area contributed by atoms with Gasteiger partial charge in [-0.05, 0) is 121 Å². The minimum atomic E-state index is -2.08. The molecule has 0 spiro atoms. The summed E-state index contributed by atoms with van der Waals surface area (Å²) in [5.41, 5.74) is 1.44. The topological polar surface area (TPSA) is 164 Å². The van der Waals surface area contributed by atoms with Crippen molar-refractivity contribution in [2.45, 2.75) is 160 Å². The quantitative estimate of drug-likeness (QED) is 0.0899. The van der Waals surface area contributed by atoms with Crippen molar-refractivity contribution in [1.82, 2.24) is 34.7 Å². The summed E-state index contributed by atoms with van der Waals surface area (Å²) in [5, 5.41) is 11.2. The van der Waals surface area contributed by atoms with E-state index in [0.717, 1.165) is 20.5 Å². The molecule has 3 heterocycles. The molecule has 3 atom stereocenters. The molecule has 0 saturated carbocycles. The fraction of sp³-hybridized carbons (Fsp3) is 0.566. The second-order valence-electron chi connectivity index (χ2n) is 22.1. The van der Waals surface area contributed by atoms with Crippen molar-refractivity contribution in [3.05, 3.63) is 87.0 Å². The van der Waals surface area contributed by atoms with Gasteiger partial charge in [-0.15, -0.1) is 0 Å². The standard InChI is InChI=1S/C53H77BrClN7O8SSi/c1-51(2,3)69-49(66)59(10)28-19-18-23-41-47(65)60(11)43(31-36-34-61(50(67)70-52(4,5)6)42-25-16-15-22-37(36)42)46(64)57-33-38-39(54)27-29-62(55)48(38)71-44-26-17-14-21-35(44)32-56-40(45(63)58-41)24-20-30-68-72(12,13)53(7,8)9/h14-17,21-22,25-27,34,40-41,43,56H,18-20,23-24,28-33H2,1-13H3,(H,57,64)(H,58,63)/t40-,41-,43-/m0/s1. The van der Waals surface area contributed by atoms with Crippen molar-refractivity contribution in [1.29, 1.82) is 0 Å². The maximum absolute atomic E-state index is 15.2. The number of nitrogens with one attached hydrogen (secondary N) is 3. The van der Waals surface area contributed by atoms with Crippen molar-refractivity contribution in [2.24, 2.45) is 0 Å². The number of halogens is 2. The number of ether oxygens (including phenoxy) is 2. The second kappa shape index (κ2) is 24.8. The third kappa shape index (κ3) is 16.1. The Kier molecular flexibility index (Phi) is 20.2. The van der Waals surface area contributed by atoms with Gasteiger partial charge in [0.05, 0.1) is 23.1 Å². The lowest BCUT2D eigenvalue weighted by Crippen LogP contribution is -2.57. The van der Waals surface area contributed by atoms with Crippen molar-refractivity contribution in [2.75, 3.05) is 40.3 Å². The molecule has 1 aromatic heterocycles. The van der Waals surface area contributed by atoms with Crippen LogP contribution in [-0.4, -0.2) is 127 Å². The van der Waals surface area contributed by atoms with E-state index in [9.17, 15) is 19.2 Å². The van der Waals surface area contributed by atoms with Gasteiger partial charge in [0.2, 0.25) is 17.7 Å². The Labute approximate surface area is 445 Å². The normalized spacial score (nSPS) is 19.2. The molecule has 2 aromatic carbocycles. The Bertz CT molecular complexity index is 2500. The lowest BCUT2D eigenvalue weighted by molar-refractivity contribution is -0.142. The Hall–Kier alpha value is -4.33. The summed E-state index contributed by atoms with van der Waals surface area (Å²) in [6, 6.07) is 12.4. The van der Waals surface area contributed by atoms with E-state index >= 15 is 4.79 Å². The van der Waals surface area contributed by atoms with Crippen molar-refractivity contribution >= 4 is 88.6 Å². The van der Waals surface area contributed by atoms with Crippen LogP contribution in [0.25, 0.3) is 10.9 Å². The zero-order valence-corrected chi connectivity index (χ0v) is 48.7. The van der Waals surface area contributed by atoms with Gasteiger partial charge >= 0.3 is 12.2 Å². The fourth-order valence-electron chi connectivity index (χ4n) is 7.97. The van der Waals surface area contributed by atoms with Gasteiger partial charge in [0, 0.05) is 85.1 Å². The fourth-order valence-corrected chi connectivity index (χ4v) is 11.0. The molecule has 19 heteroatoms. The highest BCUT2D eigenvalue weighted by Gasteiger charge is 2.38. The van der Waals surface area contributed by atoms with Gasteiger partial charge in [-0.25, -0.2) is 9.59 Å². The Morgan fingerprint density at radius 3 is 2.21 bits per heavy atom. The Morgan fingerprint density at radius 1 is 0.875 bits per heavy atom. The van der Waals surface area contributed by atoms with E-state index < -0.39 is 61.6 Å². The van der Waals surface area contributed by atoms with Crippen molar-refractivity contribution in [3.8, 4) is 0 Å². The summed E-state index contributed by atoms with van der Waals surface area (Å²) in [4.78, 5) is 75.4. The highest BCUT2D eigenvalue weighted by molar-refractivity contribution is 9.12. The molecule has 15 nitrogen and oxygen atoms in total. The number of hydrogen-bond donors (Lipinski definition) is 3. The van der Waals surface area contributed by atoms with Gasteiger partial charge in [0.15, 0.2) is 8.32 Å². The minimum absolute atomic E-state index is 0.00767. The van der Waals surface area contributed by atoms with Gasteiger partial charge in [-0.3, -0.25) is 23.4 Å². The van der Waals surface area contributed by atoms with Crippen LogP contribution in [0.3, 0.4) is 0 Å². The molecule has 72 heavy (non-hydrogen) atoms. The largest absolute Gasteiger partial charge is 0.444 e. The number of unbranched alkanes of at least 4 members (excludes halogenated alkanes) is 1. The molecule has 3 N–H and O–H groups in total. The molecule has 3 aromatic rings. The van der Waals surface area contributed by atoms with Crippen LogP contribution in [-0.2, 0) is 41.2 Å². The Balaban J connectivity index is 1.58. The van der Waals surface area contributed by atoms with E-state index in [1.165, 1.54) is 26.1 Å². The molecule has 0 radical (unpaired) electrons. The molecular formula is C53H77BrClN7O8SSi. The van der Waals surface area contributed by atoms with E-state index in [-0.39, 0.29) is 30.3 Å². The predicted octanol–water partition coefficient (Wildman–Crippen LogP) is 10.5. The van der Waals surface area contributed by atoms with Crippen molar-refractivity contribution in [3.63, 3.8) is 0 Å². The lowest BCUT2D eigenvalue weighted by atomic mass is 10.0. The number of para-hydroxylation sites is 1. The monoisotopic (exact) mass is 1110 g/mol. The predicted molar refractivity (Wildman–Crippen MR) is 293 cm³/mol. The first kappa shape index (κ1) is 58.6. The van der Waals surface area contributed by atoms with Crippen molar-refractivity contribution < 1.29 is 37.9 Å². The molecule has 0 unspecified atom stereocenters. The number of likely N-dealkylation sites (N-methyl/N-ethyl adjacent to an activating group) is 1. The van der Waals surface area contributed by atoms with E-state index in [1.54, 1.807) is 45.5 Å². The van der Waals surface area contributed by atoms with Gasteiger partial charge < -0.3 is 39.6 Å². The number of fused-ring (bicyclic) bond motifs is 2. The SMILES string of the molecule is CN(CCCC[C@@H]1NC(=O)[C@H](CCCO[Si](C)(C)C(C)(C)C)NCc2ccccc2SC2=C(CNC(=O)[C@H](Cc3cn(C(=O)OC(C)(C)C)c4ccccc34)N(C)C1=O)C(Br)=CCN2Cl)C(=O)OC(C)(C)C. The van der Waals surface area contributed by atoms with Gasteiger partial charge in [0.1, 0.15) is 23.3 Å². The number of nitrogens with zero attached hydrogens (tertiary/aromatic N) is 4. The summed E-state index contributed by atoms with van der Waals surface area (Å²) in [7, 11) is 1.16. The highest BCUT2D eigenvalue weighted by atomic mass is 79.9. The minimum Gasteiger partial charge on any atom is -0.444 e. The smallest absolute Gasteiger partial charge is 0.419 e. The first-order chi connectivity index (χ1) is 33.6. The van der Waals surface area contributed by atoms with Gasteiger partial charge in [-0.2, -0.15) is 0 Å². The van der Waals surface area contributed by atoms with Gasteiger partial charge in [-0.1, -0.05) is 84.9 Å². The highest BCUT2D eigenvalue weighted by Crippen LogP contribution is 2.41. The summed E-state index contributed by atoms with van der Waals surface area (Å²) in [6.45, 7) is 23.4. The molecule has 396 valence electrons. The first-order valence-corrected chi connectivity index (χ1v) is 29.7. The maximum atomic E-state index is 15.2. The number of amides is 4. The first-order valence-electron chi connectivity index (χ1n) is 24.8. The lowest BCUT2D eigenvalue weighted by Gasteiger charge is -2.36. The summed E-state index contributed by atoms with van der Waals surface area (Å²) in [5.74, 6) is -1.30. The molecule has 4 amide bonds. The molecule has 2 aliphatic heterocycles. The molecule has 5 rings (SSSR count). The average Bonchev–Trinajstić information content (AvgIpc) is 3.66. The number of benzene rings is 2. The number of carbonyl (C=O) groups is 5. The number of hydrogen-bond acceptors (Lipinski definition) is 11. The average molecular weight is 1120 g/mol. The summed E-state index contributed by atoms with van der Waals surface area (Å²) >= 11 is 12.2. The molecule has 0 fully saturated rings. The third-order valence-electron chi connectivity index (χ3n) is 13.0. The summed E-state index contributed by atoms with van der Waals surface area (Å²) < 4.78 is 21.7. The Morgan fingerprint density at radius 2 is 1.53 bits per heavy atom. The third-order valence-corrected chi connectivity index (χ3v) is 20.1. The van der Waals surface area contributed by atoms with E-state index in [2.05, 4.69) is 65.7 Å². The van der Waals surface area contributed by atoms with Crippen LogP contribution in [0, 0.1) is 0 Å². The van der Waals surface area contributed by atoms with E-state index in [4.69, 9.17) is 25.7 Å². The van der Waals surface area contributed by atoms with Crippen LogP contribution in [0.5, 0.6) is 0 Å². The number of aromatic nitrogens is 1. The van der Waals surface area contributed by atoms with Gasteiger partial charge in [0.25, 0.3) is 0 Å². The molecule has 2 aliphatic rings. The number of carbonyl (C=O) groups excluding carboxylic acids is 5. The molecule has 0 bridgehead atoms. The van der Waals surface area contributed by atoms with E-state index in [1.807, 2.05) is 75.4 Å². The molecule has 0 aliphatic carbocycles. The number of rotatable bonds is 12. The van der Waals surface area contributed by atoms with E-state index in [0.29, 0.717) is 73.4 Å². The molecular weight excluding hydrogens is 1040 g/mol. The van der Waals surface area contributed by atoms with Crippen LogP contribution in [0.1, 0.15) is 106 Å². The zero-order chi connectivity index (χ0) is 53.3. The maximum Gasteiger partial charge on any atom is 0.419 e.